The van der Waals surface area contributed by atoms with Gasteiger partial charge in [0.25, 0.3) is 5.78 Å². The van der Waals surface area contributed by atoms with Crippen molar-refractivity contribution in [1.82, 2.24) is 0 Å². The van der Waals surface area contributed by atoms with Gasteiger partial charge >= 0.3 is 0 Å². The second kappa shape index (κ2) is 16.7. The third-order valence-corrected chi connectivity index (χ3v) is 4.12. The number of rotatable bonds is 16. The summed E-state index contributed by atoms with van der Waals surface area (Å²) in [6.45, 7) is 3.79. The van der Waals surface area contributed by atoms with Crippen molar-refractivity contribution in [3.63, 3.8) is 0 Å². The van der Waals surface area contributed by atoms with E-state index >= 15 is 0 Å². The van der Waals surface area contributed by atoms with Crippen LogP contribution in [0.3, 0.4) is 0 Å². The van der Waals surface area contributed by atoms with Crippen molar-refractivity contribution < 1.29 is 24.6 Å². The Balaban J connectivity index is 4.14. The molecule has 0 aromatic carbocycles. The van der Waals surface area contributed by atoms with Crippen LogP contribution in [-0.2, 0) is 14.4 Å². The number of aliphatic hydroxyl groups is 2. The molecule has 0 aliphatic rings. The number of unbranched alkanes of at least 4 members (excludes halogenated alkanes) is 8. The maximum absolute atomic E-state index is 11.7. The Morgan fingerprint density at radius 1 is 0.750 bits per heavy atom. The zero-order valence-electron chi connectivity index (χ0n) is 17.2. The maximum atomic E-state index is 11.7. The second-order valence-electron chi connectivity index (χ2n) is 6.66. The summed E-state index contributed by atoms with van der Waals surface area (Å²) in [6.07, 6.45) is 19.1. The van der Waals surface area contributed by atoms with Crippen molar-refractivity contribution in [1.29, 1.82) is 0 Å². The Morgan fingerprint density at radius 2 is 1.32 bits per heavy atom. The van der Waals surface area contributed by atoms with Crippen molar-refractivity contribution in [2.75, 3.05) is 0 Å². The average molecular weight is 391 g/mol. The van der Waals surface area contributed by atoms with Crippen LogP contribution in [0.1, 0.15) is 78.1 Å². The molecular formula is C23H34O5. The van der Waals surface area contributed by atoms with Gasteiger partial charge < -0.3 is 10.2 Å². The molecule has 0 aliphatic carbocycles. The van der Waals surface area contributed by atoms with Gasteiger partial charge in [0.2, 0.25) is 0 Å². The highest BCUT2D eigenvalue weighted by atomic mass is 16.3. The summed E-state index contributed by atoms with van der Waals surface area (Å²) in [6, 6.07) is 0. The van der Waals surface area contributed by atoms with Gasteiger partial charge in [-0.1, -0.05) is 77.0 Å². The van der Waals surface area contributed by atoms with Crippen LogP contribution < -0.4 is 0 Å². The lowest BCUT2D eigenvalue weighted by Gasteiger charge is -1.99. The van der Waals surface area contributed by atoms with E-state index in [-0.39, 0.29) is 6.42 Å². The molecule has 0 aromatic rings. The van der Waals surface area contributed by atoms with E-state index in [2.05, 4.69) is 6.92 Å². The lowest BCUT2D eigenvalue weighted by molar-refractivity contribution is -0.119. The van der Waals surface area contributed by atoms with E-state index in [1.807, 2.05) is 6.08 Å². The fourth-order valence-corrected chi connectivity index (χ4v) is 2.42. The third kappa shape index (κ3) is 13.7. The zero-order chi connectivity index (χ0) is 21.2. The van der Waals surface area contributed by atoms with E-state index < -0.39 is 28.9 Å². The smallest absolute Gasteiger partial charge is 0.261 e. The van der Waals surface area contributed by atoms with E-state index in [1.165, 1.54) is 57.1 Å². The Kier molecular flexibility index (Phi) is 15.3. The van der Waals surface area contributed by atoms with Crippen molar-refractivity contribution in [3.8, 4) is 0 Å². The highest BCUT2D eigenvalue weighted by Crippen LogP contribution is 2.09. The summed E-state index contributed by atoms with van der Waals surface area (Å²) in [4.78, 5) is 34.4. The van der Waals surface area contributed by atoms with E-state index in [0.717, 1.165) is 18.9 Å². The van der Waals surface area contributed by atoms with Gasteiger partial charge in [0, 0.05) is 18.6 Å². The molecule has 0 aromatic heterocycles. The summed E-state index contributed by atoms with van der Waals surface area (Å²) in [5.74, 6) is -3.99. The van der Waals surface area contributed by atoms with Gasteiger partial charge in [-0.25, -0.2) is 0 Å². The molecule has 2 N–H and O–H groups in total. The van der Waals surface area contributed by atoms with Crippen LogP contribution in [0.25, 0.3) is 0 Å². The molecule has 28 heavy (non-hydrogen) atoms. The fraction of sp³-hybridized carbons (Fsp3) is 0.522. The summed E-state index contributed by atoms with van der Waals surface area (Å²) < 4.78 is 0. The number of allylic oxidation sites excluding steroid dienone is 6. The first kappa shape index (κ1) is 25.6. The topological polar surface area (TPSA) is 91.7 Å². The van der Waals surface area contributed by atoms with Gasteiger partial charge in [-0.3, -0.25) is 14.4 Å². The molecule has 0 spiro atoms. The normalized spacial score (nSPS) is 12.8. The number of Topliss-reactive ketones (excluding diaryl/α,β-unsaturated/α-hetero) is 1. The van der Waals surface area contributed by atoms with Crippen molar-refractivity contribution in [2.45, 2.75) is 78.1 Å². The van der Waals surface area contributed by atoms with Crippen LogP contribution in [0.4, 0.5) is 0 Å². The van der Waals surface area contributed by atoms with E-state index in [9.17, 15) is 24.6 Å². The summed E-state index contributed by atoms with van der Waals surface area (Å²) >= 11 is 0. The molecule has 0 saturated heterocycles. The summed E-state index contributed by atoms with van der Waals surface area (Å²) in [5, 5.41) is 19.0. The fourth-order valence-electron chi connectivity index (χ4n) is 2.42. The molecule has 0 heterocycles. The SMILES string of the molecule is CCCCCCCCCCC=CC=CC(=O)C=C(O)C(=O)C(O)=CC(=O)CC. The molecule has 0 saturated carbocycles. The van der Waals surface area contributed by atoms with Gasteiger partial charge in [-0.2, -0.15) is 0 Å². The molecular weight excluding hydrogens is 356 g/mol. The first-order valence-electron chi connectivity index (χ1n) is 10.2. The molecule has 0 rings (SSSR count). The van der Waals surface area contributed by atoms with E-state index in [0.29, 0.717) is 6.08 Å². The van der Waals surface area contributed by atoms with E-state index in [4.69, 9.17) is 0 Å². The molecule has 0 unspecified atom stereocenters. The minimum atomic E-state index is -1.16. The van der Waals surface area contributed by atoms with Crippen LogP contribution in [0.2, 0.25) is 0 Å². The number of ketones is 3. The predicted molar refractivity (Wildman–Crippen MR) is 112 cm³/mol. The summed E-state index contributed by atoms with van der Waals surface area (Å²) in [7, 11) is 0. The van der Waals surface area contributed by atoms with Crippen molar-refractivity contribution in [2.24, 2.45) is 0 Å². The standard InChI is InChI=1S/C23H34O5/c1-3-5-6-7-8-9-10-11-12-13-14-15-16-20(25)18-22(27)23(28)21(26)17-19(24)4-2/h13-18,26-27H,3-12H2,1-2H3. The van der Waals surface area contributed by atoms with Crippen LogP contribution in [0.5, 0.6) is 0 Å². The van der Waals surface area contributed by atoms with Crippen LogP contribution in [0, 0.1) is 0 Å². The quantitative estimate of drug-likeness (QED) is 0.154. The van der Waals surface area contributed by atoms with Gasteiger partial charge in [0.1, 0.15) is 0 Å². The highest BCUT2D eigenvalue weighted by Gasteiger charge is 2.15. The molecule has 0 bridgehead atoms. The maximum Gasteiger partial charge on any atom is 0.261 e. The molecule has 0 amide bonds. The number of hydrogen-bond donors (Lipinski definition) is 2. The van der Waals surface area contributed by atoms with E-state index in [1.54, 1.807) is 13.0 Å². The molecule has 5 heteroatoms. The average Bonchev–Trinajstić information content (AvgIpc) is 2.67. The highest BCUT2D eigenvalue weighted by molar-refractivity contribution is 6.12. The Morgan fingerprint density at radius 3 is 1.93 bits per heavy atom. The predicted octanol–water partition coefficient (Wildman–Crippen LogP) is 5.63. The van der Waals surface area contributed by atoms with Gasteiger partial charge in [0.05, 0.1) is 0 Å². The molecule has 156 valence electrons. The first-order valence-corrected chi connectivity index (χ1v) is 10.2. The van der Waals surface area contributed by atoms with Crippen LogP contribution in [-0.4, -0.2) is 27.6 Å². The molecule has 0 aliphatic heterocycles. The molecule has 0 atom stereocenters. The van der Waals surface area contributed by atoms with Gasteiger partial charge in [-0.15, -0.1) is 0 Å². The van der Waals surface area contributed by atoms with Crippen LogP contribution >= 0.6 is 0 Å². The summed E-state index contributed by atoms with van der Waals surface area (Å²) in [5.41, 5.74) is 0. The number of carbonyl (C=O) groups is 3. The number of hydrogen-bond acceptors (Lipinski definition) is 5. The lowest BCUT2D eigenvalue weighted by Crippen LogP contribution is -2.09. The molecule has 0 radical (unpaired) electrons. The van der Waals surface area contributed by atoms with Crippen molar-refractivity contribution in [3.05, 3.63) is 48.0 Å². The van der Waals surface area contributed by atoms with Crippen molar-refractivity contribution >= 4 is 17.3 Å². The van der Waals surface area contributed by atoms with Gasteiger partial charge in [0.15, 0.2) is 23.1 Å². The van der Waals surface area contributed by atoms with Gasteiger partial charge in [-0.05, 0) is 18.9 Å². The van der Waals surface area contributed by atoms with Crippen LogP contribution in [0.15, 0.2) is 48.0 Å². The molecule has 5 nitrogen and oxygen atoms in total. The lowest BCUT2D eigenvalue weighted by atomic mass is 10.1. The zero-order valence-corrected chi connectivity index (χ0v) is 17.2. The third-order valence-electron chi connectivity index (χ3n) is 4.12. The Labute approximate surface area is 168 Å². The first-order chi connectivity index (χ1) is 13.4. The number of aliphatic hydroxyl groups excluding tert-OH is 2. The largest absolute Gasteiger partial charge is 0.504 e. The Hall–Kier alpha value is -2.43. The second-order valence-corrected chi connectivity index (χ2v) is 6.66. The molecule has 0 fully saturated rings. The number of carbonyl (C=O) groups excluding carboxylic acids is 3. The monoisotopic (exact) mass is 390 g/mol. The minimum absolute atomic E-state index is 0.120. The minimum Gasteiger partial charge on any atom is -0.504 e. The Bertz CT molecular complexity index is 608.